The zero-order chi connectivity index (χ0) is 17.9. The van der Waals surface area contributed by atoms with E-state index in [1.807, 2.05) is 55.5 Å². The normalized spacial score (nSPS) is 15.5. The monoisotopic (exact) mass is 350 g/mol. The number of hydrogen-bond acceptors (Lipinski definition) is 5. The summed E-state index contributed by atoms with van der Waals surface area (Å²) in [6, 6.07) is 15.2. The summed E-state index contributed by atoms with van der Waals surface area (Å²) >= 11 is 0. The molecule has 3 aromatic rings. The first-order valence-electron chi connectivity index (χ1n) is 8.38. The quantitative estimate of drug-likeness (QED) is 0.782. The van der Waals surface area contributed by atoms with Crippen molar-refractivity contribution in [1.82, 2.24) is 10.3 Å². The predicted molar refractivity (Wildman–Crippen MR) is 95.4 cm³/mol. The lowest BCUT2D eigenvalue weighted by Gasteiger charge is -2.26. The summed E-state index contributed by atoms with van der Waals surface area (Å²) in [5, 5.41) is 2.84. The average molecular weight is 350 g/mol. The Morgan fingerprint density at radius 1 is 1.15 bits per heavy atom. The van der Waals surface area contributed by atoms with Gasteiger partial charge in [0.1, 0.15) is 12.7 Å². The van der Waals surface area contributed by atoms with Gasteiger partial charge in [-0.25, -0.2) is 4.98 Å². The number of oxazole rings is 1. The van der Waals surface area contributed by atoms with Crippen LogP contribution in [0.1, 0.15) is 16.1 Å². The van der Waals surface area contributed by atoms with Gasteiger partial charge in [0.25, 0.3) is 5.91 Å². The van der Waals surface area contributed by atoms with Gasteiger partial charge in [-0.2, -0.15) is 0 Å². The van der Waals surface area contributed by atoms with Crippen LogP contribution in [0.5, 0.6) is 11.5 Å². The smallest absolute Gasteiger partial charge is 0.274 e. The standard InChI is InChI=1S/C20H18N2O4/c1-13-6-8-14(9-7-13)19-18(22-12-25-19)20(23)21-10-15-11-24-16-4-2-3-5-17(16)26-15/h2-9,12,15H,10-11H2,1H3,(H,21,23)/t15-/m0/s1. The topological polar surface area (TPSA) is 73.6 Å². The Morgan fingerprint density at radius 2 is 1.92 bits per heavy atom. The van der Waals surface area contributed by atoms with Crippen LogP contribution < -0.4 is 14.8 Å². The van der Waals surface area contributed by atoms with Gasteiger partial charge in [-0.05, 0) is 19.1 Å². The summed E-state index contributed by atoms with van der Waals surface area (Å²) in [7, 11) is 0. The number of aryl methyl sites for hydroxylation is 1. The number of rotatable bonds is 4. The summed E-state index contributed by atoms with van der Waals surface area (Å²) in [6.07, 6.45) is 1.02. The maximum atomic E-state index is 12.5. The molecular weight excluding hydrogens is 332 g/mol. The highest BCUT2D eigenvalue weighted by atomic mass is 16.6. The van der Waals surface area contributed by atoms with Crippen molar-refractivity contribution < 1.29 is 18.7 Å². The van der Waals surface area contributed by atoms with Gasteiger partial charge >= 0.3 is 0 Å². The van der Waals surface area contributed by atoms with Crippen LogP contribution in [0.3, 0.4) is 0 Å². The molecular formula is C20H18N2O4. The minimum Gasteiger partial charge on any atom is -0.486 e. The molecule has 1 aromatic heterocycles. The number of nitrogens with one attached hydrogen (secondary N) is 1. The molecule has 26 heavy (non-hydrogen) atoms. The molecule has 0 spiro atoms. The Hall–Kier alpha value is -3.28. The van der Waals surface area contributed by atoms with Crippen LogP contribution in [0, 0.1) is 6.92 Å². The number of benzene rings is 2. The molecule has 6 heteroatoms. The summed E-state index contributed by atoms with van der Waals surface area (Å²) in [6.45, 7) is 2.69. The van der Waals surface area contributed by atoms with E-state index in [0.717, 1.165) is 11.1 Å². The van der Waals surface area contributed by atoms with Crippen LogP contribution in [-0.4, -0.2) is 30.1 Å². The average Bonchev–Trinajstić information content (AvgIpc) is 3.16. The Balaban J connectivity index is 1.42. The first kappa shape index (κ1) is 16.2. The first-order chi connectivity index (χ1) is 12.7. The molecule has 0 bridgehead atoms. The Morgan fingerprint density at radius 3 is 2.73 bits per heavy atom. The molecule has 2 aromatic carbocycles. The number of aromatic nitrogens is 1. The highest BCUT2D eigenvalue weighted by Gasteiger charge is 2.23. The van der Waals surface area contributed by atoms with Crippen LogP contribution in [0.15, 0.2) is 59.3 Å². The molecule has 2 heterocycles. The molecule has 132 valence electrons. The Labute approximate surface area is 150 Å². The molecule has 0 saturated carbocycles. The van der Waals surface area contributed by atoms with Crippen LogP contribution in [0.25, 0.3) is 11.3 Å². The van der Waals surface area contributed by atoms with E-state index in [9.17, 15) is 4.79 Å². The summed E-state index contributed by atoms with van der Waals surface area (Å²) in [5.74, 6) is 1.54. The number of amides is 1. The van der Waals surface area contributed by atoms with Gasteiger partial charge < -0.3 is 19.2 Å². The van der Waals surface area contributed by atoms with Gasteiger partial charge in [-0.15, -0.1) is 0 Å². The van der Waals surface area contributed by atoms with Crippen molar-refractivity contribution in [2.75, 3.05) is 13.2 Å². The zero-order valence-corrected chi connectivity index (χ0v) is 14.3. The van der Waals surface area contributed by atoms with E-state index in [1.165, 1.54) is 6.39 Å². The molecule has 0 unspecified atom stereocenters. The highest BCUT2D eigenvalue weighted by Crippen LogP contribution is 2.30. The lowest BCUT2D eigenvalue weighted by Crippen LogP contribution is -2.40. The number of para-hydroxylation sites is 2. The molecule has 1 amide bonds. The molecule has 0 saturated heterocycles. The highest BCUT2D eigenvalue weighted by molar-refractivity contribution is 5.97. The molecule has 1 aliphatic heterocycles. The van der Waals surface area contributed by atoms with Gasteiger partial charge in [-0.3, -0.25) is 4.79 Å². The summed E-state index contributed by atoms with van der Waals surface area (Å²) in [5.41, 5.74) is 2.20. The van der Waals surface area contributed by atoms with Crippen molar-refractivity contribution in [3.8, 4) is 22.8 Å². The van der Waals surface area contributed by atoms with Crippen molar-refractivity contribution in [1.29, 1.82) is 0 Å². The van der Waals surface area contributed by atoms with Crippen LogP contribution in [-0.2, 0) is 0 Å². The fourth-order valence-electron chi connectivity index (χ4n) is 2.77. The van der Waals surface area contributed by atoms with Gasteiger partial charge in [0.15, 0.2) is 29.3 Å². The third-order valence-electron chi connectivity index (χ3n) is 4.15. The Kier molecular flexibility index (Phi) is 4.31. The van der Waals surface area contributed by atoms with E-state index in [-0.39, 0.29) is 17.7 Å². The van der Waals surface area contributed by atoms with Gasteiger partial charge in [0.05, 0.1) is 6.54 Å². The molecule has 1 atom stereocenters. The van der Waals surface area contributed by atoms with Gasteiger partial charge in [0.2, 0.25) is 0 Å². The molecule has 4 rings (SSSR count). The van der Waals surface area contributed by atoms with E-state index in [0.29, 0.717) is 30.4 Å². The maximum absolute atomic E-state index is 12.5. The Bertz CT molecular complexity index is 918. The number of nitrogens with zero attached hydrogens (tertiary/aromatic N) is 1. The van der Waals surface area contributed by atoms with E-state index >= 15 is 0 Å². The van der Waals surface area contributed by atoms with Crippen molar-refractivity contribution in [3.05, 3.63) is 66.2 Å². The number of carbonyl (C=O) groups is 1. The molecule has 0 fully saturated rings. The first-order valence-corrected chi connectivity index (χ1v) is 8.38. The van der Waals surface area contributed by atoms with Crippen LogP contribution >= 0.6 is 0 Å². The van der Waals surface area contributed by atoms with Gasteiger partial charge in [-0.1, -0.05) is 42.0 Å². The molecule has 0 radical (unpaired) electrons. The maximum Gasteiger partial charge on any atom is 0.274 e. The summed E-state index contributed by atoms with van der Waals surface area (Å²) in [4.78, 5) is 16.6. The van der Waals surface area contributed by atoms with Crippen LogP contribution in [0.4, 0.5) is 0 Å². The summed E-state index contributed by atoms with van der Waals surface area (Å²) < 4.78 is 16.9. The second-order valence-electron chi connectivity index (χ2n) is 6.10. The number of fused-ring (bicyclic) bond motifs is 1. The lowest BCUT2D eigenvalue weighted by atomic mass is 10.1. The SMILES string of the molecule is Cc1ccc(-c2ocnc2C(=O)NC[C@H]2COc3ccccc3O2)cc1. The number of ether oxygens (including phenoxy) is 2. The minimum absolute atomic E-state index is 0.256. The van der Waals surface area contributed by atoms with Gasteiger partial charge in [0, 0.05) is 5.56 Å². The van der Waals surface area contributed by atoms with Crippen molar-refractivity contribution in [2.45, 2.75) is 13.0 Å². The lowest BCUT2D eigenvalue weighted by molar-refractivity contribution is 0.0787. The third kappa shape index (κ3) is 3.26. The van der Waals surface area contributed by atoms with E-state index in [4.69, 9.17) is 13.9 Å². The number of carbonyl (C=O) groups excluding carboxylic acids is 1. The molecule has 6 nitrogen and oxygen atoms in total. The zero-order valence-electron chi connectivity index (χ0n) is 14.3. The second kappa shape index (κ2) is 6.92. The van der Waals surface area contributed by atoms with Crippen molar-refractivity contribution >= 4 is 5.91 Å². The predicted octanol–water partition coefficient (Wildman–Crippen LogP) is 3.22. The van der Waals surface area contributed by atoms with E-state index in [1.54, 1.807) is 0 Å². The third-order valence-corrected chi connectivity index (χ3v) is 4.15. The van der Waals surface area contributed by atoms with Crippen molar-refractivity contribution in [2.24, 2.45) is 0 Å². The van der Waals surface area contributed by atoms with Crippen LogP contribution in [0.2, 0.25) is 0 Å². The fourth-order valence-corrected chi connectivity index (χ4v) is 2.77. The molecule has 1 aliphatic rings. The molecule has 1 N–H and O–H groups in total. The second-order valence-corrected chi connectivity index (χ2v) is 6.10. The largest absolute Gasteiger partial charge is 0.486 e. The van der Waals surface area contributed by atoms with E-state index < -0.39 is 0 Å². The number of hydrogen-bond donors (Lipinski definition) is 1. The van der Waals surface area contributed by atoms with Crippen molar-refractivity contribution in [3.63, 3.8) is 0 Å². The van der Waals surface area contributed by atoms with E-state index in [2.05, 4.69) is 10.3 Å². The minimum atomic E-state index is -0.309. The fraction of sp³-hybridized carbons (Fsp3) is 0.200. The molecule has 0 aliphatic carbocycles.